The number of carbonyl (C=O) groups excluding carboxylic acids is 1. The molecule has 0 aliphatic carbocycles. The summed E-state index contributed by atoms with van der Waals surface area (Å²) in [6.45, 7) is 6.75. The molecule has 0 saturated carbocycles. The van der Waals surface area contributed by atoms with E-state index in [-0.39, 0.29) is 12.1 Å². The molecular weight excluding hydrogens is 265 g/mol. The maximum atomic E-state index is 13.0. The van der Waals surface area contributed by atoms with Gasteiger partial charge in [-0.25, -0.2) is 15.8 Å². The molecule has 0 saturated heterocycles. The summed E-state index contributed by atoms with van der Waals surface area (Å²) in [6, 6.07) is 2.28. The van der Waals surface area contributed by atoms with Crippen molar-refractivity contribution >= 4 is 21.9 Å². The number of hydrogen-bond donors (Lipinski definition) is 0. The summed E-state index contributed by atoms with van der Waals surface area (Å²) < 4.78 is 17.9. The third-order valence-corrected chi connectivity index (χ3v) is 2.51. The molecule has 0 spiro atoms. The molecule has 0 heterocycles. The average molecular weight is 272 g/mol. The molecule has 1 aromatic rings. The first-order chi connectivity index (χ1) is 7.10. The van der Waals surface area contributed by atoms with Gasteiger partial charge in [0.25, 0.3) is 0 Å². The van der Waals surface area contributed by atoms with Crippen molar-refractivity contribution in [2.75, 3.05) is 7.11 Å². The number of halogens is 2. The minimum absolute atomic E-state index is 0.00525. The van der Waals surface area contributed by atoms with Crippen LogP contribution in [0.1, 0.15) is 15.9 Å². The summed E-state index contributed by atoms with van der Waals surface area (Å²) in [5, 5.41) is 0. The molecule has 0 N–H and O–H groups in total. The normalized spacial score (nSPS) is 9.47. The van der Waals surface area contributed by atoms with E-state index >= 15 is 0 Å². The van der Waals surface area contributed by atoms with E-state index in [1.54, 1.807) is 0 Å². The maximum Gasteiger partial charge on any atom is 0.338 e. The van der Waals surface area contributed by atoms with Gasteiger partial charge in [-0.05, 0) is 12.1 Å². The monoisotopic (exact) mass is 271 g/mol. The number of methoxy groups -OCH3 is 1. The van der Waals surface area contributed by atoms with Crippen molar-refractivity contribution in [1.82, 2.24) is 0 Å². The van der Waals surface area contributed by atoms with Crippen LogP contribution in [0.2, 0.25) is 0 Å². The van der Waals surface area contributed by atoms with Crippen LogP contribution >= 0.6 is 15.9 Å². The highest BCUT2D eigenvalue weighted by molar-refractivity contribution is 9.10. The highest BCUT2D eigenvalue weighted by Crippen LogP contribution is 2.24. The molecule has 15 heavy (non-hydrogen) atoms. The highest BCUT2D eigenvalue weighted by atomic mass is 79.9. The van der Waals surface area contributed by atoms with E-state index in [4.69, 9.17) is 6.57 Å². The van der Waals surface area contributed by atoms with Crippen molar-refractivity contribution in [1.29, 1.82) is 0 Å². The molecular formula is C10H7BrFNO2. The standard InChI is InChI=1S/C10H7BrFNO2/c1-13-5-8-7(10(14)15-2)3-6(12)4-9(8)11/h3-4H,5H2,2H3. The van der Waals surface area contributed by atoms with E-state index in [0.717, 1.165) is 6.07 Å². The van der Waals surface area contributed by atoms with E-state index in [1.165, 1.54) is 13.2 Å². The summed E-state index contributed by atoms with van der Waals surface area (Å²) in [4.78, 5) is 14.5. The largest absolute Gasteiger partial charge is 0.465 e. The molecule has 0 bridgehead atoms. The lowest BCUT2D eigenvalue weighted by molar-refractivity contribution is 0.0599. The Bertz CT molecular complexity index is 440. The van der Waals surface area contributed by atoms with Crippen LogP contribution in [0.15, 0.2) is 16.6 Å². The van der Waals surface area contributed by atoms with Gasteiger partial charge in [-0.15, -0.1) is 0 Å². The fourth-order valence-electron chi connectivity index (χ4n) is 1.14. The summed E-state index contributed by atoms with van der Waals surface area (Å²) in [5.41, 5.74) is 0.527. The van der Waals surface area contributed by atoms with E-state index in [0.29, 0.717) is 10.0 Å². The van der Waals surface area contributed by atoms with E-state index in [9.17, 15) is 9.18 Å². The average Bonchev–Trinajstić information content (AvgIpc) is 2.20. The molecule has 1 aromatic carbocycles. The Morgan fingerprint density at radius 3 is 2.87 bits per heavy atom. The molecule has 78 valence electrons. The van der Waals surface area contributed by atoms with Crippen LogP contribution in [0.5, 0.6) is 0 Å². The predicted octanol–water partition coefficient (Wildman–Crippen LogP) is 2.79. The second kappa shape index (κ2) is 4.89. The van der Waals surface area contributed by atoms with Crippen LogP contribution < -0.4 is 0 Å². The Morgan fingerprint density at radius 2 is 2.33 bits per heavy atom. The zero-order valence-corrected chi connectivity index (χ0v) is 9.47. The first kappa shape index (κ1) is 11.7. The Kier molecular flexibility index (Phi) is 3.81. The number of ether oxygens (including phenoxy) is 1. The van der Waals surface area contributed by atoms with Crippen LogP contribution in [-0.4, -0.2) is 13.1 Å². The zero-order valence-electron chi connectivity index (χ0n) is 7.88. The van der Waals surface area contributed by atoms with Crippen LogP contribution in [0, 0.1) is 12.4 Å². The van der Waals surface area contributed by atoms with Crippen LogP contribution in [0.3, 0.4) is 0 Å². The van der Waals surface area contributed by atoms with Gasteiger partial charge in [0, 0.05) is 4.47 Å². The Hall–Kier alpha value is -1.41. The number of benzene rings is 1. The fourth-order valence-corrected chi connectivity index (χ4v) is 1.69. The molecule has 0 amide bonds. The quantitative estimate of drug-likeness (QED) is 0.612. The van der Waals surface area contributed by atoms with E-state index in [1.807, 2.05) is 0 Å². The second-order valence-corrected chi connectivity index (χ2v) is 3.58. The van der Waals surface area contributed by atoms with Gasteiger partial charge >= 0.3 is 5.97 Å². The summed E-state index contributed by atoms with van der Waals surface area (Å²) in [6.07, 6.45) is 0. The number of rotatable bonds is 2. The highest BCUT2D eigenvalue weighted by Gasteiger charge is 2.18. The van der Waals surface area contributed by atoms with Gasteiger partial charge in [0.2, 0.25) is 6.54 Å². The van der Waals surface area contributed by atoms with Crippen molar-refractivity contribution in [2.45, 2.75) is 6.54 Å². The number of nitrogens with zero attached hydrogens (tertiary/aromatic N) is 1. The second-order valence-electron chi connectivity index (χ2n) is 2.72. The molecule has 0 fully saturated rings. The van der Waals surface area contributed by atoms with Gasteiger partial charge in [-0.2, -0.15) is 0 Å². The van der Waals surface area contributed by atoms with E-state index < -0.39 is 11.8 Å². The van der Waals surface area contributed by atoms with Crippen molar-refractivity contribution in [3.63, 3.8) is 0 Å². The van der Waals surface area contributed by atoms with Gasteiger partial charge in [-0.3, -0.25) is 0 Å². The van der Waals surface area contributed by atoms with Crippen molar-refractivity contribution in [3.05, 3.63) is 45.0 Å². The topological polar surface area (TPSA) is 30.7 Å². The predicted molar refractivity (Wildman–Crippen MR) is 55.7 cm³/mol. The Labute approximate surface area is 94.8 Å². The van der Waals surface area contributed by atoms with E-state index in [2.05, 4.69) is 25.5 Å². The summed E-state index contributed by atoms with van der Waals surface area (Å²) >= 11 is 3.11. The first-order valence-electron chi connectivity index (χ1n) is 3.99. The van der Waals surface area contributed by atoms with Crippen molar-refractivity contribution in [2.24, 2.45) is 0 Å². The Morgan fingerprint density at radius 1 is 1.67 bits per heavy atom. The third-order valence-electron chi connectivity index (χ3n) is 1.80. The molecule has 0 atom stereocenters. The minimum Gasteiger partial charge on any atom is -0.465 e. The van der Waals surface area contributed by atoms with Crippen LogP contribution in [-0.2, 0) is 11.3 Å². The molecule has 0 aliphatic heterocycles. The van der Waals surface area contributed by atoms with Crippen LogP contribution in [0.25, 0.3) is 4.85 Å². The zero-order chi connectivity index (χ0) is 11.4. The molecule has 5 heteroatoms. The molecule has 0 aliphatic rings. The SMILES string of the molecule is [C-]#[N+]Cc1c(Br)cc(F)cc1C(=O)OC. The van der Waals surface area contributed by atoms with Gasteiger partial charge in [0.05, 0.1) is 18.2 Å². The molecule has 0 aromatic heterocycles. The number of esters is 1. The van der Waals surface area contributed by atoms with Crippen LogP contribution in [0.4, 0.5) is 4.39 Å². The smallest absolute Gasteiger partial charge is 0.338 e. The molecule has 3 nitrogen and oxygen atoms in total. The molecule has 0 radical (unpaired) electrons. The lowest BCUT2D eigenvalue weighted by Crippen LogP contribution is -2.06. The molecule has 1 rings (SSSR count). The van der Waals surface area contributed by atoms with Gasteiger partial charge in [-0.1, -0.05) is 15.9 Å². The summed E-state index contributed by atoms with van der Waals surface area (Å²) in [7, 11) is 1.21. The third kappa shape index (κ3) is 2.54. The van der Waals surface area contributed by atoms with Gasteiger partial charge in [0.1, 0.15) is 5.82 Å². The summed E-state index contributed by atoms with van der Waals surface area (Å²) in [5.74, 6) is -1.19. The maximum absolute atomic E-state index is 13.0. The van der Waals surface area contributed by atoms with Gasteiger partial charge in [0.15, 0.2) is 0 Å². The number of hydrogen-bond acceptors (Lipinski definition) is 2. The van der Waals surface area contributed by atoms with Crippen molar-refractivity contribution in [3.8, 4) is 0 Å². The lowest BCUT2D eigenvalue weighted by atomic mass is 10.1. The lowest BCUT2D eigenvalue weighted by Gasteiger charge is -2.05. The fraction of sp³-hybridized carbons (Fsp3) is 0.200. The Balaban J connectivity index is 3.34. The molecule has 0 unspecified atom stereocenters. The minimum atomic E-state index is -0.645. The van der Waals surface area contributed by atoms with Gasteiger partial charge < -0.3 is 9.58 Å². The number of carbonyl (C=O) groups is 1. The van der Waals surface area contributed by atoms with Crippen molar-refractivity contribution < 1.29 is 13.9 Å². The first-order valence-corrected chi connectivity index (χ1v) is 4.79.